The summed E-state index contributed by atoms with van der Waals surface area (Å²) in [7, 11) is 0. The van der Waals surface area contributed by atoms with E-state index in [1.54, 1.807) is 0 Å². The van der Waals surface area contributed by atoms with Crippen LogP contribution in [0, 0.1) is 0 Å². The molecule has 0 radical (unpaired) electrons. The van der Waals surface area contributed by atoms with Crippen molar-refractivity contribution in [1.29, 1.82) is 0 Å². The number of ether oxygens (including phenoxy) is 1. The number of hydrogen-bond acceptors (Lipinski definition) is 3. The van der Waals surface area contributed by atoms with Gasteiger partial charge < -0.3 is 4.74 Å². The van der Waals surface area contributed by atoms with Crippen LogP contribution >= 0.6 is 27.5 Å². The molecule has 0 bridgehead atoms. The van der Waals surface area contributed by atoms with Crippen molar-refractivity contribution < 1.29 is 4.74 Å². The highest BCUT2D eigenvalue weighted by molar-refractivity contribution is 9.10. The van der Waals surface area contributed by atoms with Crippen LogP contribution in [0.5, 0.6) is 5.75 Å². The molecule has 0 unspecified atom stereocenters. The Balaban J connectivity index is 1.64. The molecule has 2 atom stereocenters. The highest BCUT2D eigenvalue weighted by atomic mass is 79.9. The van der Waals surface area contributed by atoms with Crippen molar-refractivity contribution in [3.8, 4) is 5.75 Å². The van der Waals surface area contributed by atoms with Crippen LogP contribution in [0.2, 0.25) is 5.02 Å². The van der Waals surface area contributed by atoms with Gasteiger partial charge in [-0.1, -0.05) is 76.1 Å². The minimum absolute atomic E-state index is 0.114. The van der Waals surface area contributed by atoms with E-state index < -0.39 is 0 Å². The van der Waals surface area contributed by atoms with Gasteiger partial charge in [-0.3, -0.25) is 0 Å². The lowest BCUT2D eigenvalue weighted by molar-refractivity contribution is -0.0190. The first-order valence-electron chi connectivity index (χ1n) is 8.82. The maximum atomic E-state index is 6.49. The quantitative estimate of drug-likeness (QED) is 0.465. The third-order valence-electron chi connectivity index (χ3n) is 5.03. The molecule has 5 heteroatoms. The topological polar surface area (TPSA) is 24.8 Å². The molecule has 27 heavy (non-hydrogen) atoms. The van der Waals surface area contributed by atoms with E-state index in [4.69, 9.17) is 21.4 Å². The molecule has 0 fully saturated rings. The van der Waals surface area contributed by atoms with Crippen LogP contribution in [-0.4, -0.2) is 10.7 Å². The molecule has 134 valence electrons. The predicted octanol–water partition coefficient (Wildman–Crippen LogP) is 6.34. The fraction of sp³-hybridized carbons (Fsp3) is 0.136. The van der Waals surface area contributed by atoms with Gasteiger partial charge in [0.2, 0.25) is 6.23 Å². The predicted molar refractivity (Wildman–Crippen MR) is 111 cm³/mol. The Hall–Kier alpha value is -2.30. The van der Waals surface area contributed by atoms with Gasteiger partial charge in [-0.25, -0.2) is 5.01 Å². The Bertz CT molecular complexity index is 1040. The summed E-state index contributed by atoms with van der Waals surface area (Å²) in [4.78, 5) is 0. The van der Waals surface area contributed by atoms with E-state index in [0.717, 1.165) is 39.0 Å². The van der Waals surface area contributed by atoms with E-state index in [-0.39, 0.29) is 12.3 Å². The fourth-order valence-corrected chi connectivity index (χ4v) is 4.35. The van der Waals surface area contributed by atoms with Crippen LogP contribution < -0.4 is 4.74 Å². The van der Waals surface area contributed by atoms with Crippen LogP contribution in [0.3, 0.4) is 0 Å². The van der Waals surface area contributed by atoms with Crippen molar-refractivity contribution in [2.24, 2.45) is 5.10 Å². The Kier molecular flexibility index (Phi) is 4.18. The molecule has 5 rings (SSSR count). The second-order valence-electron chi connectivity index (χ2n) is 6.69. The van der Waals surface area contributed by atoms with Crippen LogP contribution in [0.25, 0.3) is 0 Å². The van der Waals surface area contributed by atoms with Gasteiger partial charge in [0.1, 0.15) is 5.75 Å². The van der Waals surface area contributed by atoms with Crippen molar-refractivity contribution in [2.75, 3.05) is 0 Å². The molecule has 0 saturated heterocycles. The van der Waals surface area contributed by atoms with Crippen molar-refractivity contribution in [1.82, 2.24) is 5.01 Å². The lowest BCUT2D eigenvalue weighted by Gasteiger charge is -2.38. The van der Waals surface area contributed by atoms with Gasteiger partial charge in [-0.15, -0.1) is 0 Å². The van der Waals surface area contributed by atoms with Crippen LogP contribution in [0.15, 0.2) is 82.4 Å². The molecule has 3 nitrogen and oxygen atoms in total. The largest absolute Gasteiger partial charge is 0.464 e. The summed E-state index contributed by atoms with van der Waals surface area (Å²) in [6, 6.07) is 24.4. The van der Waals surface area contributed by atoms with Gasteiger partial charge in [-0.05, 0) is 29.8 Å². The SMILES string of the molecule is Clc1ccccc1[C@H]1Oc2ccc(Br)cc2[C@H]2CC(c3ccccc3)=NN21. The number of hydrazone groups is 1. The molecule has 2 aliphatic rings. The van der Waals surface area contributed by atoms with Crippen molar-refractivity contribution in [2.45, 2.75) is 18.7 Å². The van der Waals surface area contributed by atoms with Gasteiger partial charge in [-0.2, -0.15) is 5.10 Å². The summed E-state index contributed by atoms with van der Waals surface area (Å²) in [6.07, 6.45) is 0.483. The Morgan fingerprint density at radius 1 is 0.963 bits per heavy atom. The maximum absolute atomic E-state index is 6.49. The highest BCUT2D eigenvalue weighted by Gasteiger charge is 2.41. The summed E-state index contributed by atoms with van der Waals surface area (Å²) in [5.74, 6) is 0.883. The third-order valence-corrected chi connectivity index (χ3v) is 5.87. The number of halogens is 2. The minimum atomic E-state index is -0.349. The average molecular weight is 440 g/mol. The van der Waals surface area contributed by atoms with Gasteiger partial charge >= 0.3 is 0 Å². The monoisotopic (exact) mass is 438 g/mol. The van der Waals surface area contributed by atoms with Crippen molar-refractivity contribution in [3.63, 3.8) is 0 Å². The summed E-state index contributed by atoms with van der Waals surface area (Å²) >= 11 is 10.1. The number of fused-ring (bicyclic) bond motifs is 3. The van der Waals surface area contributed by atoms with Crippen molar-refractivity contribution >= 4 is 33.2 Å². The third kappa shape index (κ3) is 2.93. The standard InChI is InChI=1S/C22H16BrClN2O/c23-15-10-11-21-17(12-15)20-13-19(14-6-2-1-3-7-14)25-26(20)22(27-21)16-8-4-5-9-18(16)24/h1-12,20,22H,13H2/t20-,22-/m1/s1. The number of benzene rings is 3. The van der Waals surface area contributed by atoms with Crippen molar-refractivity contribution in [3.05, 3.63) is 99.0 Å². The maximum Gasteiger partial charge on any atom is 0.215 e. The molecule has 0 aromatic heterocycles. The first-order valence-corrected chi connectivity index (χ1v) is 9.99. The second kappa shape index (κ2) is 6.70. The molecule has 2 heterocycles. The van der Waals surface area contributed by atoms with E-state index in [9.17, 15) is 0 Å². The van der Waals surface area contributed by atoms with E-state index in [0.29, 0.717) is 5.02 Å². The van der Waals surface area contributed by atoms with E-state index in [1.807, 2.05) is 54.6 Å². The average Bonchev–Trinajstić information content (AvgIpc) is 3.15. The molecule has 0 saturated carbocycles. The van der Waals surface area contributed by atoms with Gasteiger partial charge in [0, 0.05) is 27.0 Å². The molecular weight excluding hydrogens is 424 g/mol. The molecule has 2 aliphatic heterocycles. The molecular formula is C22H16BrClN2O. The summed E-state index contributed by atoms with van der Waals surface area (Å²) in [5, 5.41) is 7.70. The van der Waals surface area contributed by atoms with Gasteiger partial charge in [0.05, 0.1) is 11.8 Å². The Morgan fingerprint density at radius 2 is 1.74 bits per heavy atom. The number of nitrogens with zero attached hydrogens (tertiary/aromatic N) is 2. The fourth-order valence-electron chi connectivity index (χ4n) is 3.74. The first kappa shape index (κ1) is 16.8. The first-order chi connectivity index (χ1) is 13.2. The van der Waals surface area contributed by atoms with Gasteiger partial charge in [0.15, 0.2) is 0 Å². The van der Waals surface area contributed by atoms with Crippen LogP contribution in [0.4, 0.5) is 0 Å². The highest BCUT2D eigenvalue weighted by Crippen LogP contribution is 2.49. The summed E-state index contributed by atoms with van der Waals surface area (Å²) in [5.41, 5.74) is 4.27. The van der Waals surface area contributed by atoms with E-state index >= 15 is 0 Å². The summed E-state index contributed by atoms with van der Waals surface area (Å²) < 4.78 is 7.40. The molecule has 3 aromatic carbocycles. The molecule has 0 N–H and O–H groups in total. The van der Waals surface area contributed by atoms with Crippen LogP contribution in [-0.2, 0) is 0 Å². The summed E-state index contributed by atoms with van der Waals surface area (Å²) in [6.45, 7) is 0. The lowest BCUT2D eigenvalue weighted by Crippen LogP contribution is -2.33. The van der Waals surface area contributed by atoms with E-state index in [1.165, 1.54) is 0 Å². The smallest absolute Gasteiger partial charge is 0.215 e. The van der Waals surface area contributed by atoms with Gasteiger partial charge in [0.25, 0.3) is 0 Å². The zero-order chi connectivity index (χ0) is 18.4. The Labute approximate surface area is 171 Å². The molecule has 3 aromatic rings. The minimum Gasteiger partial charge on any atom is -0.464 e. The molecule has 0 amide bonds. The van der Waals surface area contributed by atoms with E-state index in [2.05, 4.69) is 39.1 Å². The second-order valence-corrected chi connectivity index (χ2v) is 8.01. The number of hydrogen-bond donors (Lipinski definition) is 0. The lowest BCUT2D eigenvalue weighted by atomic mass is 9.96. The normalized spacial score (nSPS) is 20.5. The number of rotatable bonds is 2. The molecule has 0 aliphatic carbocycles. The zero-order valence-electron chi connectivity index (χ0n) is 14.3. The van der Waals surface area contributed by atoms with Crippen LogP contribution in [0.1, 0.15) is 35.4 Å². The molecule has 0 spiro atoms. The Morgan fingerprint density at radius 3 is 2.56 bits per heavy atom. The zero-order valence-corrected chi connectivity index (χ0v) is 16.7.